The maximum Gasteiger partial charge on any atom is 0.416 e. The second-order valence-electron chi connectivity index (χ2n) is 10.3. The van der Waals surface area contributed by atoms with Crippen LogP contribution in [0.2, 0.25) is 0 Å². The summed E-state index contributed by atoms with van der Waals surface area (Å²) in [5.74, 6) is 0.121. The standard InChI is InChI=1S/C31H30F3N9O2/c1-19-7-8-20(29(44)40-23-13-21(31(32,33)34)14-24(15-23)45-11-10-43(2)3)12-25(19)41-28-27-26(38-18-39-28)17-37-30(42-27)36-16-22-6-4-5-9-35-22/h4-9,12-15,17-18H,10-11,16H2,1-3H3,(H,40,44)(H,36,37,42)(H,38,39,41). The average molecular weight is 618 g/mol. The van der Waals surface area contributed by atoms with Gasteiger partial charge in [0.2, 0.25) is 5.95 Å². The van der Waals surface area contributed by atoms with Crippen molar-refractivity contribution in [2.24, 2.45) is 0 Å². The van der Waals surface area contributed by atoms with E-state index in [1.165, 1.54) is 12.4 Å². The van der Waals surface area contributed by atoms with Crippen LogP contribution in [-0.4, -0.2) is 63.0 Å². The molecule has 0 bridgehead atoms. The molecule has 0 saturated carbocycles. The van der Waals surface area contributed by atoms with Gasteiger partial charge in [0, 0.05) is 35.7 Å². The zero-order valence-electron chi connectivity index (χ0n) is 24.7. The highest BCUT2D eigenvalue weighted by atomic mass is 19.4. The lowest BCUT2D eigenvalue weighted by molar-refractivity contribution is -0.137. The number of nitrogens with one attached hydrogen (secondary N) is 3. The van der Waals surface area contributed by atoms with E-state index in [0.717, 1.165) is 23.4 Å². The molecule has 0 saturated heterocycles. The Bertz CT molecular complexity index is 1800. The molecule has 3 N–H and O–H groups in total. The minimum atomic E-state index is -4.63. The lowest BCUT2D eigenvalue weighted by atomic mass is 10.1. The second-order valence-corrected chi connectivity index (χ2v) is 10.3. The molecule has 232 valence electrons. The molecule has 0 aliphatic carbocycles. The number of carbonyl (C=O) groups excluding carboxylic acids is 1. The summed E-state index contributed by atoms with van der Waals surface area (Å²) >= 11 is 0. The van der Waals surface area contributed by atoms with E-state index >= 15 is 0 Å². The molecule has 11 nitrogen and oxygen atoms in total. The molecule has 45 heavy (non-hydrogen) atoms. The number of hydrogen-bond donors (Lipinski definition) is 3. The largest absolute Gasteiger partial charge is 0.492 e. The third-order valence-electron chi connectivity index (χ3n) is 6.58. The molecule has 0 atom stereocenters. The van der Waals surface area contributed by atoms with Gasteiger partial charge in [-0.15, -0.1) is 0 Å². The van der Waals surface area contributed by atoms with Crippen LogP contribution < -0.4 is 20.7 Å². The van der Waals surface area contributed by atoms with Gasteiger partial charge < -0.3 is 25.6 Å². The fraction of sp³-hybridized carbons (Fsp3) is 0.226. The number of ether oxygens (including phenoxy) is 1. The number of anilines is 4. The molecule has 0 radical (unpaired) electrons. The van der Waals surface area contributed by atoms with Gasteiger partial charge >= 0.3 is 6.18 Å². The van der Waals surface area contributed by atoms with Crippen LogP contribution in [0, 0.1) is 6.92 Å². The quantitative estimate of drug-likeness (QED) is 0.170. The summed E-state index contributed by atoms with van der Waals surface area (Å²) in [6.07, 6.45) is 0.00964. The number of carbonyl (C=O) groups is 1. The minimum absolute atomic E-state index is 0.000225. The van der Waals surface area contributed by atoms with Crippen molar-refractivity contribution in [3.05, 3.63) is 95.7 Å². The molecule has 3 aromatic heterocycles. The lowest BCUT2D eigenvalue weighted by Crippen LogP contribution is -2.20. The fourth-order valence-electron chi connectivity index (χ4n) is 4.20. The molecule has 0 unspecified atom stereocenters. The number of alkyl halides is 3. The molecule has 2 aromatic carbocycles. The Hall–Kier alpha value is -5.37. The van der Waals surface area contributed by atoms with Crippen molar-refractivity contribution in [1.82, 2.24) is 29.8 Å². The average Bonchev–Trinajstić information content (AvgIpc) is 3.01. The summed E-state index contributed by atoms with van der Waals surface area (Å²) in [6, 6.07) is 13.6. The number of pyridine rings is 1. The van der Waals surface area contributed by atoms with Crippen molar-refractivity contribution in [3.63, 3.8) is 0 Å². The van der Waals surface area contributed by atoms with Crippen molar-refractivity contribution in [2.75, 3.05) is 43.2 Å². The first kappa shape index (κ1) is 31.1. The highest BCUT2D eigenvalue weighted by molar-refractivity contribution is 6.05. The second kappa shape index (κ2) is 13.5. The molecular weight excluding hydrogens is 587 g/mol. The van der Waals surface area contributed by atoms with Crippen LogP contribution in [0.3, 0.4) is 0 Å². The smallest absolute Gasteiger partial charge is 0.416 e. The Labute approximate surface area is 256 Å². The maximum atomic E-state index is 13.6. The molecule has 5 rings (SSSR count). The molecular formula is C31H30F3N9O2. The molecule has 0 spiro atoms. The van der Waals surface area contributed by atoms with Crippen molar-refractivity contribution < 1.29 is 22.7 Å². The van der Waals surface area contributed by atoms with Gasteiger partial charge in [0.25, 0.3) is 5.91 Å². The Morgan fingerprint density at radius 1 is 1.00 bits per heavy atom. The predicted molar refractivity (Wildman–Crippen MR) is 165 cm³/mol. The third kappa shape index (κ3) is 8.17. The molecule has 5 aromatic rings. The number of rotatable bonds is 11. The number of nitrogens with zero attached hydrogens (tertiary/aromatic N) is 6. The van der Waals surface area contributed by atoms with E-state index in [0.29, 0.717) is 41.6 Å². The predicted octanol–water partition coefficient (Wildman–Crippen LogP) is 5.69. The highest BCUT2D eigenvalue weighted by Crippen LogP contribution is 2.34. The van der Waals surface area contributed by atoms with Crippen LogP contribution in [0.25, 0.3) is 11.0 Å². The number of fused-ring (bicyclic) bond motifs is 1. The summed E-state index contributed by atoms with van der Waals surface area (Å²) in [4.78, 5) is 36.8. The van der Waals surface area contributed by atoms with Crippen molar-refractivity contribution >= 4 is 40.1 Å². The first-order valence-corrected chi connectivity index (χ1v) is 13.9. The van der Waals surface area contributed by atoms with Gasteiger partial charge in [-0.2, -0.15) is 13.2 Å². The molecule has 14 heteroatoms. The zero-order valence-corrected chi connectivity index (χ0v) is 24.7. The van der Waals surface area contributed by atoms with E-state index in [1.807, 2.05) is 44.1 Å². The zero-order chi connectivity index (χ0) is 32.0. The van der Waals surface area contributed by atoms with Gasteiger partial charge in [-0.05, 0) is 63.0 Å². The van der Waals surface area contributed by atoms with E-state index in [-0.39, 0.29) is 23.6 Å². The SMILES string of the molecule is Cc1ccc(C(=O)Nc2cc(OCCN(C)C)cc(C(F)(F)F)c2)cc1Nc1ncnc2cnc(NCc3ccccn3)nc12. The number of hydrogen-bond acceptors (Lipinski definition) is 10. The third-order valence-corrected chi connectivity index (χ3v) is 6.58. The molecule has 0 aliphatic heterocycles. The van der Waals surface area contributed by atoms with E-state index in [1.54, 1.807) is 30.6 Å². The van der Waals surface area contributed by atoms with E-state index in [9.17, 15) is 18.0 Å². The summed E-state index contributed by atoms with van der Waals surface area (Å²) in [5, 5.41) is 8.91. The van der Waals surface area contributed by atoms with Gasteiger partial charge in [-0.3, -0.25) is 9.78 Å². The van der Waals surface area contributed by atoms with Gasteiger partial charge in [-0.1, -0.05) is 12.1 Å². The number of aryl methyl sites for hydroxylation is 1. The maximum absolute atomic E-state index is 13.6. The van der Waals surface area contributed by atoms with Crippen LogP contribution in [0.5, 0.6) is 5.75 Å². The highest BCUT2D eigenvalue weighted by Gasteiger charge is 2.31. The van der Waals surface area contributed by atoms with Crippen LogP contribution in [0.15, 0.2) is 73.3 Å². The van der Waals surface area contributed by atoms with Gasteiger partial charge in [0.1, 0.15) is 29.7 Å². The number of benzene rings is 2. The number of likely N-dealkylation sites (N-methyl/N-ethyl adjacent to an activating group) is 1. The van der Waals surface area contributed by atoms with Gasteiger partial charge in [-0.25, -0.2) is 19.9 Å². The van der Waals surface area contributed by atoms with E-state index in [2.05, 4.69) is 40.9 Å². The summed E-state index contributed by atoms with van der Waals surface area (Å²) in [5.41, 5.74) is 2.31. The number of amides is 1. The van der Waals surface area contributed by atoms with Crippen molar-refractivity contribution in [1.29, 1.82) is 0 Å². The van der Waals surface area contributed by atoms with Crippen LogP contribution >= 0.6 is 0 Å². The van der Waals surface area contributed by atoms with Gasteiger partial charge in [0.15, 0.2) is 5.82 Å². The Morgan fingerprint density at radius 3 is 2.60 bits per heavy atom. The fourth-order valence-corrected chi connectivity index (χ4v) is 4.20. The van der Waals surface area contributed by atoms with Crippen molar-refractivity contribution in [2.45, 2.75) is 19.6 Å². The first-order chi connectivity index (χ1) is 21.5. The van der Waals surface area contributed by atoms with E-state index < -0.39 is 17.6 Å². The summed E-state index contributed by atoms with van der Waals surface area (Å²) in [7, 11) is 3.65. The molecule has 3 heterocycles. The Balaban J connectivity index is 1.36. The monoisotopic (exact) mass is 617 g/mol. The van der Waals surface area contributed by atoms with Crippen LogP contribution in [0.1, 0.15) is 27.2 Å². The number of halogens is 3. The lowest BCUT2D eigenvalue weighted by Gasteiger charge is -2.16. The Morgan fingerprint density at radius 2 is 1.84 bits per heavy atom. The van der Waals surface area contributed by atoms with Crippen LogP contribution in [-0.2, 0) is 12.7 Å². The van der Waals surface area contributed by atoms with E-state index in [4.69, 9.17) is 4.74 Å². The minimum Gasteiger partial charge on any atom is -0.492 e. The molecule has 0 aliphatic rings. The van der Waals surface area contributed by atoms with Crippen molar-refractivity contribution in [3.8, 4) is 5.75 Å². The summed E-state index contributed by atoms with van der Waals surface area (Å²) in [6.45, 7) is 2.94. The molecule has 0 fully saturated rings. The normalized spacial score (nSPS) is 11.4. The Kier molecular flexibility index (Phi) is 9.33. The van der Waals surface area contributed by atoms with Gasteiger partial charge in [0.05, 0.1) is 24.0 Å². The first-order valence-electron chi connectivity index (χ1n) is 13.9. The van der Waals surface area contributed by atoms with Crippen LogP contribution in [0.4, 0.5) is 36.3 Å². The summed E-state index contributed by atoms with van der Waals surface area (Å²) < 4.78 is 46.4. The topological polar surface area (TPSA) is 130 Å². The molecule has 1 amide bonds. The number of aromatic nitrogens is 5.